The average molecular weight is 336 g/mol. The number of nitrogens with one attached hydrogen (secondary N) is 1. The highest BCUT2D eigenvalue weighted by molar-refractivity contribution is 5.97. The van der Waals surface area contributed by atoms with Gasteiger partial charge >= 0.3 is 0 Å². The number of hydrogen-bond acceptors (Lipinski definition) is 3. The summed E-state index contributed by atoms with van der Waals surface area (Å²) in [4.78, 5) is 12.8. The van der Waals surface area contributed by atoms with E-state index in [1.165, 1.54) is 16.7 Å². The molecular weight excluding hydrogens is 316 g/mol. The highest BCUT2D eigenvalue weighted by atomic mass is 16.3. The van der Waals surface area contributed by atoms with E-state index in [9.17, 15) is 15.0 Å². The molecule has 0 spiro atoms. The molecule has 5 nitrogen and oxygen atoms in total. The van der Waals surface area contributed by atoms with E-state index in [1.54, 1.807) is 24.3 Å². The van der Waals surface area contributed by atoms with Crippen molar-refractivity contribution in [2.45, 2.75) is 19.3 Å². The van der Waals surface area contributed by atoms with Gasteiger partial charge in [-0.2, -0.15) is 0 Å². The molecule has 1 atom stereocenters. The van der Waals surface area contributed by atoms with Gasteiger partial charge in [0.05, 0.1) is 17.3 Å². The zero-order valence-corrected chi connectivity index (χ0v) is 13.9. The summed E-state index contributed by atoms with van der Waals surface area (Å²) < 4.78 is 1.28. The minimum atomic E-state index is -0.277. The van der Waals surface area contributed by atoms with Crippen LogP contribution in [-0.2, 0) is 4.79 Å². The fraction of sp³-hybridized carbons (Fsp3) is 0.150. The first-order valence-electron chi connectivity index (χ1n) is 8.16. The molecule has 0 radical (unpaired) electrons. The van der Waals surface area contributed by atoms with Crippen LogP contribution in [-0.4, -0.2) is 20.7 Å². The van der Waals surface area contributed by atoms with E-state index in [4.69, 9.17) is 0 Å². The van der Waals surface area contributed by atoms with Crippen LogP contribution in [0.2, 0.25) is 0 Å². The third-order valence-electron chi connectivity index (χ3n) is 4.17. The fourth-order valence-electron chi connectivity index (χ4n) is 2.91. The number of carbonyl (C=O) groups is 1. The molecule has 2 aromatic carbocycles. The highest BCUT2D eigenvalue weighted by Gasteiger charge is 2.20. The lowest BCUT2D eigenvalue weighted by Crippen LogP contribution is -2.21. The predicted molar refractivity (Wildman–Crippen MR) is 97.2 cm³/mol. The molecule has 0 saturated heterocycles. The van der Waals surface area contributed by atoms with Gasteiger partial charge in [-0.25, -0.2) is 4.57 Å². The van der Waals surface area contributed by atoms with Crippen LogP contribution >= 0.6 is 0 Å². The van der Waals surface area contributed by atoms with Crippen molar-refractivity contribution in [2.75, 3.05) is 5.32 Å². The molecule has 3 N–H and O–H groups in total. The second kappa shape index (κ2) is 7.13. The quantitative estimate of drug-likeness (QED) is 0.659. The topological polar surface area (TPSA) is 74.5 Å². The normalized spacial score (nSPS) is 11.9. The average Bonchev–Trinajstić information content (AvgIpc) is 2.96. The number of hydrogen-bond donors (Lipinski definition) is 3. The first-order valence-corrected chi connectivity index (χ1v) is 8.16. The standard InChI is InChI=1S/C20H20N2O3/c1-2-15(14-8-4-3-5-9-14)20(25)21-16-10-6-7-11-17(16)22-18(23)12-13-19(22)24/h3-13,15,23-24H,2H2,1H3,(H,21,25). The Balaban J connectivity index is 1.92. The Hall–Kier alpha value is -3.21. The van der Waals surface area contributed by atoms with E-state index in [1.807, 2.05) is 37.3 Å². The van der Waals surface area contributed by atoms with Crippen LogP contribution in [0.5, 0.6) is 11.8 Å². The molecule has 0 fully saturated rings. The molecule has 0 bridgehead atoms. The van der Waals surface area contributed by atoms with E-state index in [0.717, 1.165) is 5.56 Å². The summed E-state index contributed by atoms with van der Waals surface area (Å²) in [6, 6.07) is 19.4. The smallest absolute Gasteiger partial charge is 0.231 e. The Labute approximate surface area is 146 Å². The van der Waals surface area contributed by atoms with Crippen LogP contribution in [0.25, 0.3) is 5.69 Å². The number of benzene rings is 2. The molecule has 1 heterocycles. The van der Waals surface area contributed by atoms with E-state index < -0.39 is 0 Å². The largest absolute Gasteiger partial charge is 0.494 e. The summed E-state index contributed by atoms with van der Waals surface area (Å²) in [7, 11) is 0. The number of amides is 1. The van der Waals surface area contributed by atoms with Gasteiger partial charge in [0.1, 0.15) is 0 Å². The molecule has 0 saturated carbocycles. The van der Waals surface area contributed by atoms with Crippen LogP contribution in [0.1, 0.15) is 24.8 Å². The summed E-state index contributed by atoms with van der Waals surface area (Å²) in [5.41, 5.74) is 1.97. The molecule has 0 aliphatic rings. The summed E-state index contributed by atoms with van der Waals surface area (Å²) >= 11 is 0. The van der Waals surface area contributed by atoms with Crippen LogP contribution in [0.3, 0.4) is 0 Å². The Morgan fingerprint density at radius 3 is 2.20 bits per heavy atom. The summed E-state index contributed by atoms with van der Waals surface area (Å²) in [5, 5.41) is 22.9. The molecule has 3 rings (SSSR count). The van der Waals surface area contributed by atoms with Gasteiger partial charge in [0.25, 0.3) is 0 Å². The van der Waals surface area contributed by atoms with Gasteiger partial charge in [0.2, 0.25) is 5.91 Å². The van der Waals surface area contributed by atoms with Gasteiger partial charge in [-0.1, -0.05) is 49.4 Å². The summed E-state index contributed by atoms with van der Waals surface area (Å²) in [6.45, 7) is 1.97. The van der Waals surface area contributed by atoms with Crippen molar-refractivity contribution < 1.29 is 15.0 Å². The summed E-state index contributed by atoms with van der Waals surface area (Å²) in [6.07, 6.45) is 0.665. The lowest BCUT2D eigenvalue weighted by atomic mass is 9.95. The number of nitrogens with zero attached hydrogens (tertiary/aromatic N) is 1. The zero-order valence-electron chi connectivity index (χ0n) is 13.9. The number of anilines is 1. The third-order valence-corrected chi connectivity index (χ3v) is 4.17. The lowest BCUT2D eigenvalue weighted by molar-refractivity contribution is -0.117. The maximum absolute atomic E-state index is 12.8. The Kier molecular flexibility index (Phi) is 4.75. The summed E-state index contributed by atoms with van der Waals surface area (Å²) in [5.74, 6) is -0.614. The fourth-order valence-corrected chi connectivity index (χ4v) is 2.91. The molecule has 1 aromatic heterocycles. The van der Waals surface area contributed by atoms with E-state index >= 15 is 0 Å². The number of aromatic nitrogens is 1. The number of aromatic hydroxyl groups is 2. The molecule has 25 heavy (non-hydrogen) atoms. The van der Waals surface area contributed by atoms with E-state index in [0.29, 0.717) is 17.8 Å². The second-order valence-electron chi connectivity index (χ2n) is 5.76. The molecule has 0 aliphatic heterocycles. The Bertz CT molecular complexity index is 852. The second-order valence-corrected chi connectivity index (χ2v) is 5.76. The van der Waals surface area contributed by atoms with Crippen molar-refractivity contribution in [2.24, 2.45) is 0 Å². The highest BCUT2D eigenvalue weighted by Crippen LogP contribution is 2.32. The Morgan fingerprint density at radius 1 is 0.960 bits per heavy atom. The minimum absolute atomic E-state index is 0.103. The van der Waals surface area contributed by atoms with Crippen molar-refractivity contribution in [3.05, 3.63) is 72.3 Å². The molecule has 128 valence electrons. The number of carbonyl (C=O) groups excluding carboxylic acids is 1. The van der Waals surface area contributed by atoms with E-state index in [2.05, 4.69) is 5.32 Å². The molecule has 3 aromatic rings. The van der Waals surface area contributed by atoms with Crippen LogP contribution in [0.15, 0.2) is 66.7 Å². The van der Waals surface area contributed by atoms with Crippen LogP contribution in [0, 0.1) is 0 Å². The number of rotatable bonds is 5. The van der Waals surface area contributed by atoms with Crippen LogP contribution < -0.4 is 5.32 Å². The van der Waals surface area contributed by atoms with Crippen molar-refractivity contribution in [1.29, 1.82) is 0 Å². The van der Waals surface area contributed by atoms with Crippen molar-refractivity contribution in [3.8, 4) is 17.4 Å². The predicted octanol–water partition coefficient (Wildman–Crippen LogP) is 4.02. The van der Waals surface area contributed by atoms with Crippen molar-refractivity contribution in [1.82, 2.24) is 4.57 Å². The molecule has 0 aliphatic carbocycles. The van der Waals surface area contributed by atoms with Crippen molar-refractivity contribution in [3.63, 3.8) is 0 Å². The van der Waals surface area contributed by atoms with Crippen molar-refractivity contribution >= 4 is 11.6 Å². The van der Waals surface area contributed by atoms with Crippen LogP contribution in [0.4, 0.5) is 5.69 Å². The minimum Gasteiger partial charge on any atom is -0.494 e. The monoisotopic (exact) mass is 336 g/mol. The van der Waals surface area contributed by atoms with Gasteiger partial charge in [-0.05, 0) is 24.1 Å². The van der Waals surface area contributed by atoms with Gasteiger partial charge in [0, 0.05) is 12.1 Å². The van der Waals surface area contributed by atoms with Gasteiger partial charge in [-0.3, -0.25) is 4.79 Å². The lowest BCUT2D eigenvalue weighted by Gasteiger charge is -2.18. The van der Waals surface area contributed by atoms with E-state index in [-0.39, 0.29) is 23.6 Å². The molecule has 5 heteroatoms. The first kappa shape index (κ1) is 16.6. The van der Waals surface area contributed by atoms with Gasteiger partial charge in [-0.15, -0.1) is 0 Å². The zero-order chi connectivity index (χ0) is 17.8. The SMILES string of the molecule is CCC(C(=O)Nc1ccccc1-n1c(O)ccc1O)c1ccccc1. The first-order chi connectivity index (χ1) is 12.1. The molecule has 1 amide bonds. The number of para-hydroxylation sites is 2. The Morgan fingerprint density at radius 2 is 1.56 bits per heavy atom. The third kappa shape index (κ3) is 3.35. The maximum atomic E-state index is 12.8. The molecule has 1 unspecified atom stereocenters. The van der Waals surface area contributed by atoms with Gasteiger partial charge in [0.15, 0.2) is 11.8 Å². The molecular formula is C20H20N2O3. The van der Waals surface area contributed by atoms with Gasteiger partial charge < -0.3 is 15.5 Å². The maximum Gasteiger partial charge on any atom is 0.231 e.